The predicted molar refractivity (Wildman–Crippen MR) is 138 cm³/mol. The number of thioether (sulfide) groups is 1. The maximum absolute atomic E-state index is 14.0. The molecule has 1 unspecified atom stereocenters. The van der Waals surface area contributed by atoms with Crippen molar-refractivity contribution in [2.24, 2.45) is 0 Å². The summed E-state index contributed by atoms with van der Waals surface area (Å²) in [6.45, 7) is 0. The fraction of sp³-hybridized carbons (Fsp3) is 0.296. The molecular formula is C27H25N3O2S2. The fourth-order valence-electron chi connectivity index (χ4n) is 4.58. The molecular weight excluding hydrogens is 462 g/mol. The van der Waals surface area contributed by atoms with E-state index >= 15 is 0 Å². The van der Waals surface area contributed by atoms with Crippen LogP contribution in [0, 0.1) is 0 Å². The number of aromatic nitrogens is 2. The number of thiophene rings is 1. The van der Waals surface area contributed by atoms with Crippen LogP contribution in [0.5, 0.6) is 0 Å². The molecule has 0 bridgehead atoms. The van der Waals surface area contributed by atoms with Crippen LogP contribution in [0.25, 0.3) is 15.9 Å². The maximum Gasteiger partial charge on any atom is 0.267 e. The molecule has 2 aromatic heterocycles. The molecule has 1 atom stereocenters. The lowest BCUT2D eigenvalue weighted by Gasteiger charge is -2.19. The van der Waals surface area contributed by atoms with E-state index in [4.69, 9.17) is 4.98 Å². The highest BCUT2D eigenvalue weighted by Crippen LogP contribution is 2.39. The molecule has 2 heterocycles. The topological polar surface area (TPSA) is 64.0 Å². The SMILES string of the molecule is O=C(NC1CC1)C(Sc1nc2sc3c(c2c(=O)n1-c1ccccc1)CCCC3)c1ccccc1. The summed E-state index contributed by atoms with van der Waals surface area (Å²) in [4.78, 5) is 34.4. The van der Waals surface area contributed by atoms with Gasteiger partial charge in [0.1, 0.15) is 10.1 Å². The minimum Gasteiger partial charge on any atom is -0.352 e. The van der Waals surface area contributed by atoms with Crippen LogP contribution >= 0.6 is 23.1 Å². The quantitative estimate of drug-likeness (QED) is 0.291. The number of carbonyl (C=O) groups is 1. The molecule has 1 amide bonds. The molecule has 0 saturated heterocycles. The van der Waals surface area contributed by atoms with Crippen molar-refractivity contribution >= 4 is 39.2 Å². The van der Waals surface area contributed by atoms with Gasteiger partial charge in [0, 0.05) is 10.9 Å². The van der Waals surface area contributed by atoms with Crippen molar-refractivity contribution in [3.63, 3.8) is 0 Å². The summed E-state index contributed by atoms with van der Waals surface area (Å²) in [7, 11) is 0. The van der Waals surface area contributed by atoms with Gasteiger partial charge in [-0.25, -0.2) is 4.98 Å². The molecule has 2 aliphatic rings. The van der Waals surface area contributed by atoms with Gasteiger partial charge in [0.25, 0.3) is 5.56 Å². The molecule has 34 heavy (non-hydrogen) atoms. The van der Waals surface area contributed by atoms with Gasteiger partial charge in [0.05, 0.1) is 11.1 Å². The van der Waals surface area contributed by atoms with Crippen molar-refractivity contribution < 1.29 is 4.79 Å². The molecule has 172 valence electrons. The Bertz CT molecular complexity index is 1410. The second-order valence-corrected chi connectivity index (χ2v) is 11.1. The first-order valence-electron chi connectivity index (χ1n) is 11.8. The lowest BCUT2D eigenvalue weighted by Crippen LogP contribution is -2.30. The Morgan fingerprint density at radius 2 is 1.74 bits per heavy atom. The van der Waals surface area contributed by atoms with E-state index in [1.807, 2.05) is 60.7 Å². The Hall–Kier alpha value is -2.90. The molecule has 1 fully saturated rings. The van der Waals surface area contributed by atoms with Crippen LogP contribution in [0.2, 0.25) is 0 Å². The number of nitrogens with zero attached hydrogens (tertiary/aromatic N) is 2. The number of amides is 1. The second-order valence-electron chi connectivity index (χ2n) is 8.95. The first-order chi connectivity index (χ1) is 16.7. The van der Waals surface area contributed by atoms with Gasteiger partial charge in [-0.15, -0.1) is 11.3 Å². The Labute approximate surface area is 206 Å². The van der Waals surface area contributed by atoms with Crippen LogP contribution < -0.4 is 10.9 Å². The summed E-state index contributed by atoms with van der Waals surface area (Å²) in [6, 6.07) is 19.7. The number of hydrogen-bond donors (Lipinski definition) is 1. The Balaban J connectivity index is 1.52. The smallest absolute Gasteiger partial charge is 0.267 e. The van der Waals surface area contributed by atoms with E-state index in [-0.39, 0.29) is 17.5 Å². The van der Waals surface area contributed by atoms with Crippen molar-refractivity contribution in [3.8, 4) is 5.69 Å². The van der Waals surface area contributed by atoms with Crippen LogP contribution in [0.4, 0.5) is 0 Å². The van der Waals surface area contributed by atoms with E-state index in [0.29, 0.717) is 5.16 Å². The van der Waals surface area contributed by atoms with Crippen molar-refractivity contribution in [2.45, 2.75) is 55.0 Å². The highest BCUT2D eigenvalue weighted by molar-refractivity contribution is 8.00. The Morgan fingerprint density at radius 3 is 2.47 bits per heavy atom. The number of fused-ring (bicyclic) bond motifs is 3. The van der Waals surface area contributed by atoms with Crippen molar-refractivity contribution in [1.29, 1.82) is 0 Å². The molecule has 0 spiro atoms. The van der Waals surface area contributed by atoms with Crippen LogP contribution in [0.1, 0.15) is 46.9 Å². The predicted octanol–water partition coefficient (Wildman–Crippen LogP) is 5.44. The Kier molecular flexibility index (Phi) is 5.75. The van der Waals surface area contributed by atoms with Crippen LogP contribution in [0.3, 0.4) is 0 Å². The van der Waals surface area contributed by atoms with Gasteiger partial charge >= 0.3 is 0 Å². The molecule has 6 rings (SSSR count). The van der Waals surface area contributed by atoms with E-state index in [1.165, 1.54) is 22.2 Å². The molecule has 2 aromatic carbocycles. The van der Waals surface area contributed by atoms with Gasteiger partial charge in [0.15, 0.2) is 5.16 Å². The van der Waals surface area contributed by atoms with Gasteiger partial charge in [-0.1, -0.05) is 60.3 Å². The summed E-state index contributed by atoms with van der Waals surface area (Å²) < 4.78 is 1.70. The van der Waals surface area contributed by atoms with Gasteiger partial charge in [0.2, 0.25) is 5.91 Å². The summed E-state index contributed by atoms with van der Waals surface area (Å²) in [5.74, 6) is -0.0295. The van der Waals surface area contributed by atoms with Crippen LogP contribution in [0.15, 0.2) is 70.6 Å². The lowest BCUT2D eigenvalue weighted by atomic mass is 9.97. The third kappa shape index (κ3) is 4.07. The molecule has 7 heteroatoms. The minimum absolute atomic E-state index is 0.0295. The van der Waals surface area contributed by atoms with Gasteiger partial charge in [-0.05, 0) is 61.8 Å². The third-order valence-electron chi connectivity index (χ3n) is 6.46. The number of rotatable bonds is 6. The van der Waals surface area contributed by atoms with E-state index < -0.39 is 5.25 Å². The molecule has 0 aliphatic heterocycles. The van der Waals surface area contributed by atoms with Gasteiger partial charge < -0.3 is 5.32 Å². The number of nitrogens with one attached hydrogen (secondary N) is 1. The molecule has 5 nitrogen and oxygen atoms in total. The first kappa shape index (κ1) is 21.6. The third-order valence-corrected chi connectivity index (χ3v) is 8.85. The van der Waals surface area contributed by atoms with Crippen LogP contribution in [-0.2, 0) is 17.6 Å². The average Bonchev–Trinajstić information content (AvgIpc) is 3.60. The molecule has 0 radical (unpaired) electrons. The van der Waals surface area contributed by atoms with Gasteiger partial charge in [-0.3, -0.25) is 14.2 Å². The standard InChI is InChI=1S/C27H25N3O2S2/c31-24(28-18-15-16-18)23(17-9-3-1-4-10-17)34-27-29-25-22(20-13-7-8-14-21(20)33-25)26(32)30(27)19-11-5-2-6-12-19/h1-6,9-12,18,23H,7-8,13-16H2,(H,28,31). The largest absolute Gasteiger partial charge is 0.352 e. The summed E-state index contributed by atoms with van der Waals surface area (Å²) >= 11 is 3.01. The van der Waals surface area contributed by atoms with E-state index in [9.17, 15) is 9.59 Å². The van der Waals surface area contributed by atoms with Crippen LogP contribution in [-0.4, -0.2) is 21.5 Å². The number of para-hydroxylation sites is 1. The molecule has 1 saturated carbocycles. The van der Waals surface area contributed by atoms with E-state index in [1.54, 1.807) is 15.9 Å². The summed E-state index contributed by atoms with van der Waals surface area (Å²) in [5.41, 5.74) is 2.82. The average molecular weight is 488 g/mol. The number of benzene rings is 2. The zero-order valence-electron chi connectivity index (χ0n) is 18.7. The summed E-state index contributed by atoms with van der Waals surface area (Å²) in [6.07, 6.45) is 6.27. The monoisotopic (exact) mass is 487 g/mol. The normalized spacial score (nSPS) is 16.2. The lowest BCUT2D eigenvalue weighted by molar-refractivity contribution is -0.120. The van der Waals surface area contributed by atoms with Gasteiger partial charge in [-0.2, -0.15) is 0 Å². The highest BCUT2D eigenvalue weighted by atomic mass is 32.2. The van der Waals surface area contributed by atoms with E-state index in [0.717, 1.165) is 60.0 Å². The zero-order chi connectivity index (χ0) is 23.1. The van der Waals surface area contributed by atoms with Crippen molar-refractivity contribution in [2.75, 3.05) is 0 Å². The molecule has 1 N–H and O–H groups in total. The molecule has 4 aromatic rings. The molecule has 2 aliphatic carbocycles. The zero-order valence-corrected chi connectivity index (χ0v) is 20.3. The maximum atomic E-state index is 14.0. The summed E-state index contributed by atoms with van der Waals surface area (Å²) in [5, 5.41) is 3.97. The number of aryl methyl sites for hydroxylation is 2. The number of carbonyl (C=O) groups excluding carboxylic acids is 1. The minimum atomic E-state index is -0.490. The highest BCUT2D eigenvalue weighted by Gasteiger charge is 2.31. The van der Waals surface area contributed by atoms with E-state index in [2.05, 4.69) is 5.32 Å². The Morgan fingerprint density at radius 1 is 1.03 bits per heavy atom. The van der Waals surface area contributed by atoms with Crippen molar-refractivity contribution in [1.82, 2.24) is 14.9 Å². The fourth-order valence-corrected chi connectivity index (χ4v) is 7.01. The second kappa shape index (κ2) is 9.04. The first-order valence-corrected chi connectivity index (χ1v) is 13.5. The number of hydrogen-bond acceptors (Lipinski definition) is 5. The van der Waals surface area contributed by atoms with Crippen molar-refractivity contribution in [3.05, 3.63) is 87.0 Å².